The average molecular weight is 529 g/mol. The van der Waals surface area contributed by atoms with Crippen LogP contribution in [0.2, 0.25) is 15.8 Å². The van der Waals surface area contributed by atoms with Crippen molar-refractivity contribution in [3.05, 3.63) is 38.0 Å². The molecule has 0 saturated heterocycles. The Morgan fingerprint density at radius 2 is 0.459 bits per heavy atom. The van der Waals surface area contributed by atoms with E-state index in [2.05, 4.69) is 38.0 Å². The quantitative estimate of drug-likeness (QED) is 0.0451. The van der Waals surface area contributed by atoms with Gasteiger partial charge < -0.3 is 0 Å². The summed E-state index contributed by atoms with van der Waals surface area (Å²) in [5, 5.41) is 4.93. The fourth-order valence-electron chi connectivity index (χ4n) is 5.78. The van der Waals surface area contributed by atoms with Gasteiger partial charge >= 0.3 is 0 Å². The summed E-state index contributed by atoms with van der Waals surface area (Å²) in [5.74, 6) is 0. The summed E-state index contributed by atoms with van der Waals surface area (Å²) in [6.07, 6.45) is 44.8. The van der Waals surface area contributed by atoms with Crippen LogP contribution in [0.25, 0.3) is 0 Å². The largest absolute Gasteiger partial charge is 0.261 e. The molecule has 0 saturated carbocycles. The zero-order valence-corrected chi connectivity index (χ0v) is 26.8. The van der Waals surface area contributed by atoms with E-state index in [9.17, 15) is 0 Å². The second-order valence-electron chi connectivity index (χ2n) is 11.9. The molecule has 0 bridgehead atoms. The number of allylic oxidation sites excluding steroid dienone is 3. The topological polar surface area (TPSA) is 0 Å². The van der Waals surface area contributed by atoms with Gasteiger partial charge in [-0.2, -0.15) is 0 Å². The number of hydrogen-bond acceptors (Lipinski definition) is 0. The van der Waals surface area contributed by atoms with Gasteiger partial charge in [0.25, 0.3) is 14.1 Å². The third-order valence-corrected chi connectivity index (χ3v) is 12.0. The first kappa shape index (κ1) is 36.8. The lowest BCUT2D eigenvalue weighted by Gasteiger charge is -2.12. The molecule has 216 valence electrons. The minimum atomic E-state index is -0.496. The van der Waals surface area contributed by atoms with Crippen LogP contribution in [0.3, 0.4) is 0 Å². The molecule has 0 heterocycles. The van der Waals surface area contributed by atoms with Crippen LogP contribution in [0.15, 0.2) is 38.0 Å². The van der Waals surface area contributed by atoms with Crippen LogP contribution in [-0.2, 0) is 0 Å². The molecule has 0 aromatic carbocycles. The molecule has 0 N–H and O–H groups in total. The van der Waals surface area contributed by atoms with Gasteiger partial charge in [-0.3, -0.25) is 0 Å². The molecule has 0 aliphatic carbocycles. The van der Waals surface area contributed by atoms with Crippen molar-refractivity contribution in [3.63, 3.8) is 0 Å². The highest BCUT2D eigenvalue weighted by molar-refractivity contribution is 6.58. The predicted molar refractivity (Wildman–Crippen MR) is 175 cm³/mol. The summed E-state index contributed by atoms with van der Waals surface area (Å²) in [7, 11) is 0. The van der Waals surface area contributed by atoms with Gasteiger partial charge in [0, 0.05) is 0 Å². The Kier molecular flexibility index (Phi) is 33.6. The second kappa shape index (κ2) is 33.8. The minimum absolute atomic E-state index is 0.496. The van der Waals surface area contributed by atoms with Crippen molar-refractivity contribution >= 4 is 14.1 Å². The van der Waals surface area contributed by atoms with Crippen LogP contribution < -0.4 is 0 Å². The van der Waals surface area contributed by atoms with Crippen LogP contribution in [0.4, 0.5) is 0 Å². The molecule has 0 radical (unpaired) electrons. The van der Waals surface area contributed by atoms with Crippen molar-refractivity contribution in [2.45, 2.75) is 189 Å². The Morgan fingerprint density at radius 1 is 0.270 bits per heavy atom. The first-order valence-electron chi connectivity index (χ1n) is 17.2. The lowest BCUT2D eigenvalue weighted by Crippen LogP contribution is -2.12. The fraction of sp³-hybridized carbons (Fsp3) is 0.833. The molecule has 37 heavy (non-hydrogen) atoms. The summed E-state index contributed by atoms with van der Waals surface area (Å²) < 4.78 is 0. The molecular formula is C36H69Al. The minimum Gasteiger partial charge on any atom is -0.103 e. The Bertz CT molecular complexity index is 387. The van der Waals surface area contributed by atoms with Crippen LogP contribution in [0.5, 0.6) is 0 Å². The van der Waals surface area contributed by atoms with Gasteiger partial charge in [-0.15, -0.1) is 19.7 Å². The standard InChI is InChI=1S/3C12H23.Al/c3*1-3-5-7-9-11-12-10-8-6-4-2;/h3*3H,1-2,4-12H2;. The molecule has 0 aliphatic heterocycles. The number of hydrogen-bond donors (Lipinski definition) is 0. The average Bonchev–Trinajstić information content (AvgIpc) is 2.91. The predicted octanol–water partition coefficient (Wildman–Crippen LogP) is 13.6. The first-order valence-corrected chi connectivity index (χ1v) is 19.6. The molecule has 0 aromatic rings. The molecule has 0 nitrogen and oxygen atoms in total. The molecule has 0 unspecified atom stereocenters. The molecule has 0 aliphatic rings. The van der Waals surface area contributed by atoms with Crippen LogP contribution in [0.1, 0.15) is 173 Å². The second-order valence-corrected chi connectivity index (χ2v) is 15.4. The number of unbranched alkanes of at least 4 members (excludes halogenated alkanes) is 24. The highest BCUT2D eigenvalue weighted by Crippen LogP contribution is 2.21. The molecule has 0 atom stereocenters. The van der Waals surface area contributed by atoms with E-state index in [4.69, 9.17) is 0 Å². The van der Waals surface area contributed by atoms with E-state index in [0.717, 1.165) is 0 Å². The third-order valence-electron chi connectivity index (χ3n) is 8.31. The van der Waals surface area contributed by atoms with Gasteiger partial charge in [0.15, 0.2) is 0 Å². The monoisotopic (exact) mass is 529 g/mol. The molecule has 0 aromatic heterocycles. The molecule has 0 amide bonds. The summed E-state index contributed by atoms with van der Waals surface area (Å²) in [4.78, 5) is 0. The van der Waals surface area contributed by atoms with Gasteiger partial charge in [-0.25, -0.2) is 0 Å². The van der Waals surface area contributed by atoms with E-state index in [-0.39, 0.29) is 0 Å². The maximum Gasteiger partial charge on any atom is 0.261 e. The molecule has 0 spiro atoms. The van der Waals surface area contributed by atoms with Crippen molar-refractivity contribution in [2.24, 2.45) is 0 Å². The molecule has 1 heteroatoms. The van der Waals surface area contributed by atoms with E-state index in [1.807, 2.05) is 0 Å². The van der Waals surface area contributed by atoms with E-state index >= 15 is 0 Å². The van der Waals surface area contributed by atoms with Gasteiger partial charge in [0.1, 0.15) is 0 Å². The van der Waals surface area contributed by atoms with E-state index in [0.29, 0.717) is 0 Å². The van der Waals surface area contributed by atoms with Gasteiger partial charge in [-0.05, 0) is 38.5 Å². The van der Waals surface area contributed by atoms with Crippen molar-refractivity contribution in [1.82, 2.24) is 0 Å². The summed E-state index contributed by atoms with van der Waals surface area (Å²) >= 11 is -0.496. The lowest BCUT2D eigenvalue weighted by molar-refractivity contribution is 0.570. The number of rotatable bonds is 33. The summed E-state index contributed by atoms with van der Waals surface area (Å²) in [5.41, 5.74) is 0. The van der Waals surface area contributed by atoms with Crippen molar-refractivity contribution in [3.8, 4) is 0 Å². The van der Waals surface area contributed by atoms with Crippen LogP contribution >= 0.6 is 0 Å². The zero-order valence-electron chi connectivity index (χ0n) is 25.6. The van der Waals surface area contributed by atoms with Crippen molar-refractivity contribution in [2.75, 3.05) is 0 Å². The van der Waals surface area contributed by atoms with E-state index in [1.54, 1.807) is 35.1 Å². The lowest BCUT2D eigenvalue weighted by atomic mass is 10.1. The SMILES string of the molecule is C=CCCCCCCCCC[CH2][Al]([CH2]CCCCCCCCCC=C)[CH2]CCCCCCCCCC=C. The van der Waals surface area contributed by atoms with E-state index < -0.39 is 14.1 Å². The Labute approximate surface area is 240 Å². The van der Waals surface area contributed by atoms with Crippen LogP contribution in [0, 0.1) is 0 Å². The van der Waals surface area contributed by atoms with Gasteiger partial charge in [0.2, 0.25) is 0 Å². The first-order chi connectivity index (χ1) is 18.3. The molecular weight excluding hydrogens is 459 g/mol. The van der Waals surface area contributed by atoms with Gasteiger partial charge in [0.05, 0.1) is 0 Å². The van der Waals surface area contributed by atoms with Gasteiger partial charge in [-0.1, -0.05) is 169 Å². The van der Waals surface area contributed by atoms with E-state index in [1.165, 1.54) is 154 Å². The Balaban J connectivity index is 3.89. The maximum atomic E-state index is 3.83. The zero-order chi connectivity index (χ0) is 26.9. The third kappa shape index (κ3) is 31.9. The maximum absolute atomic E-state index is 3.83. The normalized spacial score (nSPS) is 11.0. The van der Waals surface area contributed by atoms with Crippen molar-refractivity contribution in [1.29, 1.82) is 0 Å². The summed E-state index contributed by atoms with van der Waals surface area (Å²) in [6.45, 7) is 11.5. The molecule has 0 fully saturated rings. The fourth-order valence-corrected chi connectivity index (χ4v) is 9.24. The summed E-state index contributed by atoms with van der Waals surface area (Å²) in [6, 6.07) is 0. The molecule has 0 rings (SSSR count). The highest BCUT2D eigenvalue weighted by atomic mass is 27.2. The Morgan fingerprint density at radius 3 is 0.676 bits per heavy atom. The van der Waals surface area contributed by atoms with Crippen molar-refractivity contribution < 1.29 is 0 Å². The highest BCUT2D eigenvalue weighted by Gasteiger charge is 2.15. The van der Waals surface area contributed by atoms with Crippen LogP contribution in [-0.4, -0.2) is 14.1 Å². The Hall–Kier alpha value is -0.248. The smallest absolute Gasteiger partial charge is 0.103 e.